The van der Waals surface area contributed by atoms with E-state index < -0.39 is 33.2 Å². The smallest absolute Gasteiger partial charge is 0.369 e. The van der Waals surface area contributed by atoms with Gasteiger partial charge in [-0.15, -0.1) is 0 Å². The molecule has 0 heterocycles. The summed E-state index contributed by atoms with van der Waals surface area (Å²) < 4.78 is 35.7. The van der Waals surface area contributed by atoms with Crippen LogP contribution in [0.1, 0.15) is 15.9 Å². The van der Waals surface area contributed by atoms with Crippen LogP contribution in [0.4, 0.5) is 13.2 Å². The molecule has 1 amide bonds. The summed E-state index contributed by atoms with van der Waals surface area (Å²) in [4.78, 5) is 11.6. The van der Waals surface area contributed by atoms with Crippen molar-refractivity contribution >= 4 is 40.7 Å². The number of alkyl halides is 6. The Morgan fingerprint density at radius 1 is 1.21 bits per heavy atom. The van der Waals surface area contributed by atoms with Crippen molar-refractivity contribution < 1.29 is 23.1 Å². The van der Waals surface area contributed by atoms with E-state index in [2.05, 4.69) is 0 Å². The van der Waals surface area contributed by atoms with E-state index in [1.54, 1.807) is 5.32 Å². The van der Waals surface area contributed by atoms with Crippen LogP contribution in [0, 0.1) is 0 Å². The number of carbonyl (C=O) groups excluding carboxylic acids is 1. The van der Waals surface area contributed by atoms with E-state index in [1.807, 2.05) is 0 Å². The second-order valence-corrected chi connectivity index (χ2v) is 5.83. The number of halogens is 6. The molecule has 106 valence electrons. The van der Waals surface area contributed by atoms with Gasteiger partial charge in [0, 0.05) is 0 Å². The SMILES string of the molecule is O=C(NC(O)C(Cl)(Cl)Cl)c1ccccc1C(F)(F)F. The van der Waals surface area contributed by atoms with Crippen LogP contribution in [0.3, 0.4) is 0 Å². The molecular formula is C10H7Cl3F3NO2. The van der Waals surface area contributed by atoms with Crippen molar-refractivity contribution in [3.05, 3.63) is 35.4 Å². The lowest BCUT2D eigenvalue weighted by molar-refractivity contribution is -0.138. The molecular weight excluding hydrogens is 329 g/mol. The van der Waals surface area contributed by atoms with E-state index >= 15 is 0 Å². The highest BCUT2D eigenvalue weighted by atomic mass is 35.6. The molecule has 0 radical (unpaired) electrons. The Morgan fingerprint density at radius 3 is 2.21 bits per heavy atom. The first-order valence-electron chi connectivity index (χ1n) is 4.75. The standard InChI is InChI=1S/C10H7Cl3F3NO2/c11-9(12,13)8(19)17-7(18)5-3-1-2-4-6(5)10(14,15)16/h1-4,8,19H,(H,17,18). The minimum atomic E-state index is -4.71. The van der Waals surface area contributed by atoms with Crippen LogP contribution in [0.25, 0.3) is 0 Å². The molecule has 0 aromatic heterocycles. The van der Waals surface area contributed by atoms with Gasteiger partial charge in [-0.05, 0) is 12.1 Å². The van der Waals surface area contributed by atoms with Crippen molar-refractivity contribution in [1.82, 2.24) is 5.32 Å². The summed E-state index contributed by atoms with van der Waals surface area (Å²) in [5.74, 6) is -1.20. The first kappa shape index (κ1) is 16.4. The quantitative estimate of drug-likeness (QED) is 0.644. The van der Waals surface area contributed by atoms with Gasteiger partial charge in [0.05, 0.1) is 11.1 Å². The van der Waals surface area contributed by atoms with Crippen molar-refractivity contribution in [3.63, 3.8) is 0 Å². The van der Waals surface area contributed by atoms with Gasteiger partial charge in [0.2, 0.25) is 3.79 Å². The average molecular weight is 337 g/mol. The van der Waals surface area contributed by atoms with E-state index in [9.17, 15) is 23.1 Å². The molecule has 1 aromatic carbocycles. The molecule has 2 N–H and O–H groups in total. The molecule has 0 aliphatic rings. The number of nitrogens with one attached hydrogen (secondary N) is 1. The van der Waals surface area contributed by atoms with Crippen LogP contribution in [-0.4, -0.2) is 21.0 Å². The zero-order valence-electron chi connectivity index (χ0n) is 9.01. The van der Waals surface area contributed by atoms with Gasteiger partial charge < -0.3 is 10.4 Å². The lowest BCUT2D eigenvalue weighted by atomic mass is 10.1. The molecule has 0 saturated heterocycles. The molecule has 9 heteroatoms. The van der Waals surface area contributed by atoms with Gasteiger partial charge in [0.15, 0.2) is 6.23 Å². The second kappa shape index (κ2) is 5.75. The number of aliphatic hydroxyl groups excluding tert-OH is 1. The fraction of sp³-hybridized carbons (Fsp3) is 0.300. The summed E-state index contributed by atoms with van der Waals surface area (Å²) in [7, 11) is 0. The number of benzene rings is 1. The second-order valence-electron chi connectivity index (χ2n) is 3.46. The molecule has 0 saturated carbocycles. The molecule has 0 aliphatic carbocycles. The molecule has 1 rings (SSSR count). The third-order valence-corrected chi connectivity index (χ3v) is 2.68. The molecule has 0 aliphatic heterocycles. The van der Waals surface area contributed by atoms with Gasteiger partial charge in [0.1, 0.15) is 0 Å². The molecule has 0 spiro atoms. The van der Waals surface area contributed by atoms with Gasteiger partial charge in [0.25, 0.3) is 5.91 Å². The summed E-state index contributed by atoms with van der Waals surface area (Å²) in [5.41, 5.74) is -1.83. The maximum Gasteiger partial charge on any atom is 0.417 e. The lowest BCUT2D eigenvalue weighted by Gasteiger charge is -2.21. The van der Waals surface area contributed by atoms with E-state index in [0.717, 1.165) is 18.2 Å². The van der Waals surface area contributed by atoms with E-state index in [1.165, 1.54) is 6.07 Å². The van der Waals surface area contributed by atoms with E-state index in [0.29, 0.717) is 0 Å². The zero-order valence-corrected chi connectivity index (χ0v) is 11.3. The molecule has 0 bridgehead atoms. The van der Waals surface area contributed by atoms with Crippen molar-refractivity contribution in [2.75, 3.05) is 0 Å². The van der Waals surface area contributed by atoms with Crippen LogP contribution < -0.4 is 5.32 Å². The predicted octanol–water partition coefficient (Wildman–Crippen LogP) is 3.12. The first-order valence-corrected chi connectivity index (χ1v) is 5.88. The van der Waals surface area contributed by atoms with Gasteiger partial charge >= 0.3 is 6.18 Å². The number of amides is 1. The summed E-state index contributed by atoms with van der Waals surface area (Å²) in [6.07, 6.45) is -6.65. The number of hydrogen-bond donors (Lipinski definition) is 2. The monoisotopic (exact) mass is 335 g/mol. The molecule has 1 unspecified atom stereocenters. The Kier molecular flexibility index (Phi) is 4.95. The Morgan fingerprint density at radius 2 is 1.74 bits per heavy atom. The van der Waals surface area contributed by atoms with Crippen LogP contribution in [-0.2, 0) is 6.18 Å². The number of hydrogen-bond acceptors (Lipinski definition) is 2. The fourth-order valence-electron chi connectivity index (χ4n) is 1.21. The van der Waals surface area contributed by atoms with Crippen LogP contribution in [0.5, 0.6) is 0 Å². The third kappa shape index (κ3) is 4.42. The van der Waals surface area contributed by atoms with E-state index in [4.69, 9.17) is 34.8 Å². The summed E-state index contributed by atoms with van der Waals surface area (Å²) in [6, 6.07) is 4.05. The minimum Gasteiger partial charge on any atom is -0.369 e. The Balaban J connectivity index is 3.02. The molecule has 3 nitrogen and oxygen atoms in total. The van der Waals surface area contributed by atoms with Crippen molar-refractivity contribution in [1.29, 1.82) is 0 Å². The van der Waals surface area contributed by atoms with Crippen molar-refractivity contribution in [3.8, 4) is 0 Å². The highest BCUT2D eigenvalue weighted by Crippen LogP contribution is 2.32. The van der Waals surface area contributed by atoms with Crippen LogP contribution in [0.2, 0.25) is 0 Å². The van der Waals surface area contributed by atoms with Crippen LogP contribution >= 0.6 is 34.8 Å². The maximum absolute atomic E-state index is 12.7. The van der Waals surface area contributed by atoms with Gasteiger partial charge in [-0.1, -0.05) is 46.9 Å². The summed E-state index contributed by atoms with van der Waals surface area (Å²) in [5, 5.41) is 11.1. The fourth-order valence-corrected chi connectivity index (χ4v) is 1.38. The molecule has 1 atom stereocenters. The minimum absolute atomic E-state index is 0.677. The van der Waals surface area contributed by atoms with Gasteiger partial charge in [-0.25, -0.2) is 0 Å². The number of aliphatic hydroxyl groups is 1. The highest BCUT2D eigenvalue weighted by molar-refractivity contribution is 6.68. The first-order chi connectivity index (χ1) is 8.53. The van der Waals surface area contributed by atoms with Gasteiger partial charge in [-0.3, -0.25) is 4.79 Å². The van der Waals surface area contributed by atoms with Gasteiger partial charge in [-0.2, -0.15) is 13.2 Å². The number of carbonyl (C=O) groups is 1. The number of rotatable bonds is 2. The maximum atomic E-state index is 12.7. The molecule has 19 heavy (non-hydrogen) atoms. The predicted molar refractivity (Wildman–Crippen MR) is 65.2 cm³/mol. The normalized spacial score (nSPS) is 14.1. The average Bonchev–Trinajstić information content (AvgIpc) is 2.26. The lowest BCUT2D eigenvalue weighted by Crippen LogP contribution is -2.44. The topological polar surface area (TPSA) is 49.3 Å². The summed E-state index contributed by atoms with van der Waals surface area (Å²) >= 11 is 15.9. The zero-order chi connectivity index (χ0) is 14.8. The Labute approximate surface area is 121 Å². The molecule has 1 aromatic rings. The van der Waals surface area contributed by atoms with Crippen molar-refractivity contribution in [2.24, 2.45) is 0 Å². The summed E-state index contributed by atoms with van der Waals surface area (Å²) in [6.45, 7) is 0. The Bertz CT molecular complexity index is 474. The van der Waals surface area contributed by atoms with Crippen LogP contribution in [0.15, 0.2) is 24.3 Å². The largest absolute Gasteiger partial charge is 0.417 e. The molecule has 0 fully saturated rings. The van der Waals surface area contributed by atoms with E-state index in [-0.39, 0.29) is 0 Å². The van der Waals surface area contributed by atoms with Crippen molar-refractivity contribution in [2.45, 2.75) is 16.2 Å². The third-order valence-electron chi connectivity index (χ3n) is 2.05. The Hall–Kier alpha value is -0.690. The highest BCUT2D eigenvalue weighted by Gasteiger charge is 2.37.